The average Bonchev–Trinajstić information content (AvgIpc) is 2.61. The number of halogens is 1. The molecule has 1 atom stereocenters. The quantitative estimate of drug-likeness (QED) is 0.818. The molecular formula is C11H16ClNO. The molecule has 0 bridgehead atoms. The maximum absolute atomic E-state index is 9.78. The van der Waals surface area contributed by atoms with Crippen LogP contribution in [0.25, 0.3) is 0 Å². The smallest absolute Gasteiger partial charge is 0.0827 e. The van der Waals surface area contributed by atoms with Crippen molar-refractivity contribution >= 4 is 11.6 Å². The van der Waals surface area contributed by atoms with Gasteiger partial charge in [-0.15, -0.1) is 0 Å². The van der Waals surface area contributed by atoms with E-state index in [0.717, 1.165) is 12.1 Å². The van der Waals surface area contributed by atoms with Gasteiger partial charge in [0.2, 0.25) is 0 Å². The third kappa shape index (κ3) is 2.89. The van der Waals surface area contributed by atoms with Gasteiger partial charge < -0.3 is 9.67 Å². The van der Waals surface area contributed by atoms with E-state index >= 15 is 0 Å². The van der Waals surface area contributed by atoms with Crippen LogP contribution in [-0.2, 0) is 6.54 Å². The Morgan fingerprint density at radius 3 is 2.86 bits per heavy atom. The second-order valence-electron chi connectivity index (χ2n) is 3.69. The minimum Gasteiger partial charge on any atom is -0.388 e. The van der Waals surface area contributed by atoms with Crippen molar-refractivity contribution in [2.75, 3.05) is 0 Å². The van der Waals surface area contributed by atoms with E-state index in [4.69, 9.17) is 11.6 Å². The van der Waals surface area contributed by atoms with Crippen LogP contribution in [0.5, 0.6) is 0 Å². The zero-order valence-electron chi connectivity index (χ0n) is 8.52. The van der Waals surface area contributed by atoms with Gasteiger partial charge in [0.1, 0.15) is 0 Å². The first-order valence-electron chi connectivity index (χ1n) is 4.74. The molecule has 1 N–H and O–H groups in total. The van der Waals surface area contributed by atoms with Gasteiger partial charge in [0.25, 0.3) is 0 Å². The van der Waals surface area contributed by atoms with E-state index in [1.165, 1.54) is 5.54 Å². The van der Waals surface area contributed by atoms with E-state index < -0.39 is 0 Å². The second-order valence-corrected chi connectivity index (χ2v) is 3.94. The van der Waals surface area contributed by atoms with Crippen molar-refractivity contribution < 1.29 is 5.11 Å². The van der Waals surface area contributed by atoms with Crippen LogP contribution in [0.2, 0.25) is 0 Å². The van der Waals surface area contributed by atoms with Crippen molar-refractivity contribution in [1.29, 1.82) is 0 Å². The fourth-order valence-corrected chi connectivity index (χ4v) is 1.37. The molecule has 1 rings (SSSR count). The van der Waals surface area contributed by atoms with E-state index in [9.17, 15) is 5.11 Å². The lowest BCUT2D eigenvalue weighted by Gasteiger charge is -2.12. The van der Waals surface area contributed by atoms with Crippen LogP contribution < -0.4 is 0 Å². The minimum atomic E-state index is -0.378. The highest BCUT2D eigenvalue weighted by molar-refractivity contribution is 6.25. The molecule has 0 saturated heterocycles. The van der Waals surface area contributed by atoms with Crippen LogP contribution in [0.4, 0.5) is 0 Å². The van der Waals surface area contributed by atoms with Gasteiger partial charge in [-0.2, -0.15) is 0 Å². The number of hydrogen-bond donors (Lipinski definition) is 1. The predicted octanol–water partition coefficient (Wildman–Crippen LogP) is 2.93. The molecule has 2 nitrogen and oxygen atoms in total. The SMILES string of the molecule is CC(C)C(O)c1ccn(CC=CCl)c1. The van der Waals surface area contributed by atoms with E-state index in [1.807, 2.05) is 43.0 Å². The highest BCUT2D eigenvalue weighted by Gasteiger charge is 2.12. The summed E-state index contributed by atoms with van der Waals surface area (Å²) in [6, 6.07) is 1.94. The standard InChI is InChI=1S/C11H16ClNO/c1-9(2)11(14)10-4-7-13(8-10)6-3-5-12/h3-5,7-9,11,14H,6H2,1-2H3. The molecule has 0 aliphatic heterocycles. The van der Waals surface area contributed by atoms with Gasteiger partial charge in [0.15, 0.2) is 0 Å². The van der Waals surface area contributed by atoms with E-state index in [-0.39, 0.29) is 12.0 Å². The highest BCUT2D eigenvalue weighted by Crippen LogP contribution is 2.21. The Labute approximate surface area is 89.8 Å². The van der Waals surface area contributed by atoms with Crippen LogP contribution in [0, 0.1) is 5.92 Å². The van der Waals surface area contributed by atoms with E-state index in [2.05, 4.69) is 0 Å². The monoisotopic (exact) mass is 213 g/mol. The molecule has 14 heavy (non-hydrogen) atoms. The van der Waals surface area contributed by atoms with Gasteiger partial charge in [-0.25, -0.2) is 0 Å². The van der Waals surface area contributed by atoms with Gasteiger partial charge in [-0.3, -0.25) is 0 Å². The van der Waals surface area contributed by atoms with Crippen molar-refractivity contribution in [3.63, 3.8) is 0 Å². The summed E-state index contributed by atoms with van der Waals surface area (Å²) in [6.07, 6.45) is 5.36. The lowest BCUT2D eigenvalue weighted by atomic mass is 10.0. The fraction of sp³-hybridized carbons (Fsp3) is 0.455. The summed E-state index contributed by atoms with van der Waals surface area (Å²) in [5.41, 5.74) is 2.46. The molecule has 1 unspecified atom stereocenters. The molecule has 0 spiro atoms. The Morgan fingerprint density at radius 2 is 2.29 bits per heavy atom. The average molecular weight is 214 g/mol. The molecule has 0 aliphatic carbocycles. The van der Waals surface area contributed by atoms with Crippen LogP contribution in [-0.4, -0.2) is 9.67 Å². The highest BCUT2D eigenvalue weighted by atomic mass is 35.5. The molecular weight excluding hydrogens is 198 g/mol. The zero-order chi connectivity index (χ0) is 10.6. The molecule has 0 aromatic carbocycles. The fourth-order valence-electron chi connectivity index (χ4n) is 1.29. The third-order valence-corrected chi connectivity index (χ3v) is 2.33. The molecule has 0 fully saturated rings. The van der Waals surface area contributed by atoms with Gasteiger partial charge in [0, 0.05) is 24.5 Å². The maximum atomic E-state index is 9.78. The minimum absolute atomic E-state index is 0.245. The summed E-state index contributed by atoms with van der Waals surface area (Å²) in [5.74, 6) is 0.245. The topological polar surface area (TPSA) is 25.2 Å². The summed E-state index contributed by atoms with van der Waals surface area (Å²) >= 11 is 5.43. The summed E-state index contributed by atoms with van der Waals surface area (Å²) < 4.78 is 1.99. The molecule has 3 heteroatoms. The van der Waals surface area contributed by atoms with E-state index in [0.29, 0.717) is 0 Å². The molecule has 1 aromatic heterocycles. The van der Waals surface area contributed by atoms with Crippen LogP contribution in [0.1, 0.15) is 25.5 Å². The van der Waals surface area contributed by atoms with Crippen molar-refractivity contribution in [1.82, 2.24) is 4.57 Å². The molecule has 1 heterocycles. The number of aliphatic hydroxyl groups excluding tert-OH is 1. The van der Waals surface area contributed by atoms with Crippen molar-refractivity contribution in [2.24, 2.45) is 5.92 Å². The number of aromatic nitrogens is 1. The number of allylic oxidation sites excluding steroid dienone is 1. The van der Waals surface area contributed by atoms with Crippen molar-refractivity contribution in [3.8, 4) is 0 Å². The van der Waals surface area contributed by atoms with Gasteiger partial charge in [0.05, 0.1) is 6.10 Å². The first kappa shape index (κ1) is 11.3. The summed E-state index contributed by atoms with van der Waals surface area (Å²) in [4.78, 5) is 0. The zero-order valence-corrected chi connectivity index (χ0v) is 9.28. The predicted molar refractivity (Wildman–Crippen MR) is 59.2 cm³/mol. The van der Waals surface area contributed by atoms with Crippen LogP contribution in [0.15, 0.2) is 30.1 Å². The maximum Gasteiger partial charge on any atom is 0.0827 e. The Balaban J connectivity index is 2.67. The van der Waals surface area contributed by atoms with Crippen molar-refractivity contribution in [3.05, 3.63) is 35.6 Å². The van der Waals surface area contributed by atoms with Gasteiger partial charge in [-0.1, -0.05) is 31.5 Å². The first-order valence-corrected chi connectivity index (χ1v) is 5.17. The Hall–Kier alpha value is -0.730. The second kappa shape index (κ2) is 5.23. The van der Waals surface area contributed by atoms with Crippen molar-refractivity contribution in [2.45, 2.75) is 26.5 Å². The third-order valence-electron chi connectivity index (χ3n) is 2.15. The largest absolute Gasteiger partial charge is 0.388 e. The lowest BCUT2D eigenvalue weighted by molar-refractivity contribution is 0.127. The van der Waals surface area contributed by atoms with Crippen LogP contribution in [0.3, 0.4) is 0 Å². The Bertz CT molecular complexity index is 304. The Kier molecular flexibility index (Phi) is 4.23. The molecule has 0 radical (unpaired) electrons. The normalized spacial score (nSPS) is 14.1. The molecule has 0 aliphatic rings. The molecule has 0 amide bonds. The number of aliphatic hydroxyl groups is 1. The molecule has 78 valence electrons. The molecule has 0 saturated carbocycles. The number of hydrogen-bond acceptors (Lipinski definition) is 1. The Morgan fingerprint density at radius 1 is 1.57 bits per heavy atom. The van der Waals surface area contributed by atoms with Gasteiger partial charge >= 0.3 is 0 Å². The summed E-state index contributed by atoms with van der Waals surface area (Å²) in [6.45, 7) is 4.75. The van der Waals surface area contributed by atoms with Gasteiger partial charge in [-0.05, 0) is 17.5 Å². The summed E-state index contributed by atoms with van der Waals surface area (Å²) in [5, 5.41) is 9.78. The van der Waals surface area contributed by atoms with E-state index in [1.54, 1.807) is 0 Å². The number of rotatable bonds is 4. The first-order chi connectivity index (χ1) is 6.65. The van der Waals surface area contributed by atoms with Crippen LogP contribution >= 0.6 is 11.6 Å². The lowest BCUT2D eigenvalue weighted by Crippen LogP contribution is -2.04. The number of nitrogens with zero attached hydrogens (tertiary/aromatic N) is 1. The summed E-state index contributed by atoms with van der Waals surface area (Å²) in [7, 11) is 0. The molecule has 1 aromatic rings.